The number of nitrogens with one attached hydrogen (secondary N) is 2. The van der Waals surface area contributed by atoms with Crippen LogP contribution < -0.4 is 10.6 Å². The van der Waals surface area contributed by atoms with Crippen LogP contribution in [0.4, 0.5) is 19.3 Å². The number of benzene rings is 1. The molecule has 0 radical (unpaired) electrons. The highest BCUT2D eigenvalue weighted by atomic mass is 19.1. The predicted octanol–water partition coefficient (Wildman–Crippen LogP) is 2.65. The second-order valence-corrected chi connectivity index (χ2v) is 5.09. The summed E-state index contributed by atoms with van der Waals surface area (Å²) in [6, 6.07) is 1.41. The third-order valence-corrected chi connectivity index (χ3v) is 2.57. The summed E-state index contributed by atoms with van der Waals surface area (Å²) in [5.74, 6) is -2.86. The average molecular weight is 286 g/mol. The van der Waals surface area contributed by atoms with Gasteiger partial charge in [-0.15, -0.1) is 0 Å². The molecule has 1 aromatic carbocycles. The van der Waals surface area contributed by atoms with E-state index >= 15 is 0 Å². The highest BCUT2D eigenvalue weighted by Gasteiger charge is 2.25. The van der Waals surface area contributed by atoms with E-state index in [1.165, 1.54) is 26.8 Å². The van der Waals surface area contributed by atoms with Crippen LogP contribution in [0.5, 0.6) is 0 Å². The van der Waals surface area contributed by atoms with Gasteiger partial charge in [0.2, 0.25) is 0 Å². The predicted molar refractivity (Wildman–Crippen MR) is 69.6 cm³/mol. The van der Waals surface area contributed by atoms with Crippen molar-refractivity contribution < 1.29 is 23.5 Å². The van der Waals surface area contributed by atoms with E-state index in [9.17, 15) is 18.4 Å². The van der Waals surface area contributed by atoms with E-state index in [1.54, 1.807) is 0 Å². The first kappa shape index (κ1) is 15.9. The summed E-state index contributed by atoms with van der Waals surface area (Å²) >= 11 is 0. The van der Waals surface area contributed by atoms with Crippen molar-refractivity contribution in [2.75, 3.05) is 5.32 Å². The molecule has 1 rings (SSSR count). The number of hydrogen-bond donors (Lipinski definition) is 3. The lowest BCUT2D eigenvalue weighted by Gasteiger charge is -2.24. The molecule has 20 heavy (non-hydrogen) atoms. The summed E-state index contributed by atoms with van der Waals surface area (Å²) in [6.45, 7) is 4.42. The summed E-state index contributed by atoms with van der Waals surface area (Å²) in [6.07, 6.45) is -0.320. The molecular weight excluding hydrogens is 270 g/mol. The number of carboxylic acid groups (broad SMARTS) is 1. The molecule has 0 unspecified atom stereocenters. The first-order valence-electron chi connectivity index (χ1n) is 5.88. The van der Waals surface area contributed by atoms with Crippen molar-refractivity contribution >= 4 is 17.7 Å². The highest BCUT2D eigenvalue weighted by Crippen LogP contribution is 2.21. The number of aryl methyl sites for hydroxylation is 1. The minimum atomic E-state index is -1.09. The average Bonchev–Trinajstić information content (AvgIpc) is 2.27. The van der Waals surface area contributed by atoms with Gasteiger partial charge in [0.1, 0.15) is 11.5 Å². The monoisotopic (exact) mass is 286 g/mol. The zero-order valence-corrected chi connectivity index (χ0v) is 11.4. The summed E-state index contributed by atoms with van der Waals surface area (Å²) in [4.78, 5) is 22.3. The van der Waals surface area contributed by atoms with Crippen molar-refractivity contribution in [3.63, 3.8) is 0 Å². The minimum Gasteiger partial charge on any atom is -0.481 e. The standard InChI is InChI=1S/C13H16F2N2O3/c1-7-4-5-8(14)11(10(7)15)16-12(20)17-13(2,3)6-9(18)19/h4-5H,6H2,1-3H3,(H,18,19)(H2,16,17,20). The van der Waals surface area contributed by atoms with Crippen LogP contribution in [-0.2, 0) is 4.79 Å². The molecule has 0 atom stereocenters. The van der Waals surface area contributed by atoms with Crippen molar-refractivity contribution in [2.24, 2.45) is 0 Å². The fraction of sp³-hybridized carbons (Fsp3) is 0.385. The highest BCUT2D eigenvalue weighted by molar-refractivity contribution is 5.90. The van der Waals surface area contributed by atoms with Crippen LogP contribution in [0.2, 0.25) is 0 Å². The number of halogens is 2. The maximum atomic E-state index is 13.7. The molecule has 0 aliphatic carbocycles. The number of carbonyl (C=O) groups is 2. The largest absolute Gasteiger partial charge is 0.481 e. The number of amides is 2. The smallest absolute Gasteiger partial charge is 0.319 e. The molecule has 0 bridgehead atoms. The summed E-state index contributed by atoms with van der Waals surface area (Å²) in [5.41, 5.74) is -1.42. The van der Waals surface area contributed by atoms with Crippen molar-refractivity contribution in [3.05, 3.63) is 29.3 Å². The fourth-order valence-corrected chi connectivity index (χ4v) is 1.65. The molecule has 1 aromatic rings. The second kappa shape index (κ2) is 5.85. The Balaban J connectivity index is 2.82. The Labute approximate surface area is 115 Å². The van der Waals surface area contributed by atoms with Gasteiger partial charge in [-0.1, -0.05) is 6.07 Å². The van der Waals surface area contributed by atoms with Gasteiger partial charge in [0.05, 0.1) is 6.42 Å². The first-order chi connectivity index (χ1) is 9.12. The number of carbonyl (C=O) groups excluding carboxylic acids is 1. The number of urea groups is 1. The van der Waals surface area contributed by atoms with Crippen LogP contribution >= 0.6 is 0 Å². The summed E-state index contributed by atoms with van der Waals surface area (Å²) in [7, 11) is 0. The maximum Gasteiger partial charge on any atom is 0.319 e. The Morgan fingerprint density at radius 3 is 2.45 bits per heavy atom. The van der Waals surface area contributed by atoms with Gasteiger partial charge in [-0.25, -0.2) is 13.6 Å². The molecule has 5 nitrogen and oxygen atoms in total. The molecule has 0 fully saturated rings. The molecule has 7 heteroatoms. The quantitative estimate of drug-likeness (QED) is 0.796. The van der Waals surface area contributed by atoms with Gasteiger partial charge in [-0.2, -0.15) is 0 Å². The van der Waals surface area contributed by atoms with Gasteiger partial charge in [0.25, 0.3) is 0 Å². The number of carboxylic acids is 1. The lowest BCUT2D eigenvalue weighted by atomic mass is 10.0. The number of rotatable bonds is 4. The van der Waals surface area contributed by atoms with Crippen LogP contribution in [0.1, 0.15) is 25.8 Å². The van der Waals surface area contributed by atoms with E-state index in [4.69, 9.17) is 5.11 Å². The third kappa shape index (κ3) is 4.18. The van der Waals surface area contributed by atoms with Gasteiger partial charge in [-0.05, 0) is 32.4 Å². The molecule has 0 saturated heterocycles. The Morgan fingerprint density at radius 1 is 1.30 bits per heavy atom. The van der Waals surface area contributed by atoms with E-state index in [0.717, 1.165) is 6.07 Å². The Hall–Kier alpha value is -2.18. The molecule has 0 aromatic heterocycles. The van der Waals surface area contributed by atoms with Crippen LogP contribution in [0.15, 0.2) is 12.1 Å². The van der Waals surface area contributed by atoms with Crippen molar-refractivity contribution in [1.82, 2.24) is 5.32 Å². The van der Waals surface area contributed by atoms with E-state index in [0.29, 0.717) is 0 Å². The van der Waals surface area contributed by atoms with E-state index in [2.05, 4.69) is 10.6 Å². The number of anilines is 1. The Morgan fingerprint density at radius 2 is 1.90 bits per heavy atom. The zero-order chi connectivity index (χ0) is 15.5. The van der Waals surface area contributed by atoms with Gasteiger partial charge in [-0.3, -0.25) is 4.79 Å². The Bertz CT molecular complexity index is 545. The normalized spacial score (nSPS) is 11.1. The molecule has 110 valence electrons. The fourth-order valence-electron chi connectivity index (χ4n) is 1.65. The van der Waals surface area contributed by atoms with Crippen LogP contribution in [-0.4, -0.2) is 22.6 Å². The Kier molecular flexibility index (Phi) is 4.65. The van der Waals surface area contributed by atoms with Gasteiger partial charge >= 0.3 is 12.0 Å². The van der Waals surface area contributed by atoms with Crippen molar-refractivity contribution in [1.29, 1.82) is 0 Å². The molecular formula is C13H16F2N2O3. The third-order valence-electron chi connectivity index (χ3n) is 2.57. The van der Waals surface area contributed by atoms with Crippen LogP contribution in [0.25, 0.3) is 0 Å². The number of hydrogen-bond acceptors (Lipinski definition) is 2. The van der Waals surface area contributed by atoms with E-state index < -0.39 is 34.9 Å². The van der Waals surface area contributed by atoms with Gasteiger partial charge in [0, 0.05) is 5.54 Å². The van der Waals surface area contributed by atoms with Crippen molar-refractivity contribution in [3.8, 4) is 0 Å². The lowest BCUT2D eigenvalue weighted by Crippen LogP contribution is -2.47. The molecule has 0 saturated carbocycles. The molecule has 3 N–H and O–H groups in total. The molecule has 0 heterocycles. The molecule has 0 aliphatic heterocycles. The van der Waals surface area contributed by atoms with Crippen LogP contribution in [0.3, 0.4) is 0 Å². The number of aliphatic carboxylic acids is 1. The zero-order valence-electron chi connectivity index (χ0n) is 11.4. The molecule has 0 spiro atoms. The van der Waals surface area contributed by atoms with Crippen LogP contribution in [0, 0.1) is 18.6 Å². The van der Waals surface area contributed by atoms with E-state index in [-0.39, 0.29) is 12.0 Å². The first-order valence-corrected chi connectivity index (χ1v) is 5.88. The minimum absolute atomic E-state index is 0.187. The lowest BCUT2D eigenvalue weighted by molar-refractivity contribution is -0.138. The summed E-state index contributed by atoms with van der Waals surface area (Å²) in [5, 5.41) is 13.1. The maximum absolute atomic E-state index is 13.7. The van der Waals surface area contributed by atoms with E-state index in [1.807, 2.05) is 0 Å². The van der Waals surface area contributed by atoms with Gasteiger partial charge in [0.15, 0.2) is 5.82 Å². The molecule has 2 amide bonds. The van der Waals surface area contributed by atoms with Gasteiger partial charge < -0.3 is 15.7 Å². The SMILES string of the molecule is Cc1ccc(F)c(NC(=O)NC(C)(C)CC(=O)O)c1F. The summed E-state index contributed by atoms with van der Waals surface area (Å²) < 4.78 is 27.1. The second-order valence-electron chi connectivity index (χ2n) is 5.09. The topological polar surface area (TPSA) is 78.4 Å². The molecule has 0 aliphatic rings. The van der Waals surface area contributed by atoms with Crippen molar-refractivity contribution in [2.45, 2.75) is 32.7 Å².